The van der Waals surface area contributed by atoms with Gasteiger partial charge in [-0.2, -0.15) is 0 Å². The third kappa shape index (κ3) is 3.32. The lowest BCUT2D eigenvalue weighted by atomic mass is 10.0. The molecule has 124 valence electrons. The molecule has 0 bridgehead atoms. The number of amides is 2. The van der Waals surface area contributed by atoms with Gasteiger partial charge in [0.15, 0.2) is 0 Å². The Hall–Kier alpha value is -2.08. The molecule has 1 aliphatic heterocycles. The molecule has 0 spiro atoms. The normalized spacial score (nSPS) is 21.6. The second-order valence-electron chi connectivity index (χ2n) is 6.39. The largest absolute Gasteiger partial charge is 0.372 e. The molecule has 1 aliphatic rings. The number of aromatic nitrogens is 2. The van der Waals surface area contributed by atoms with Crippen LogP contribution in [0.2, 0.25) is 0 Å². The minimum atomic E-state index is -0.244. The molecule has 1 fully saturated rings. The lowest BCUT2D eigenvalue weighted by Gasteiger charge is -2.39. The lowest BCUT2D eigenvalue weighted by molar-refractivity contribution is -0.0872. The first-order valence-electron chi connectivity index (χ1n) is 8.12. The Morgan fingerprint density at radius 2 is 2.35 bits per heavy atom. The van der Waals surface area contributed by atoms with E-state index >= 15 is 0 Å². The summed E-state index contributed by atoms with van der Waals surface area (Å²) in [7, 11) is 0. The van der Waals surface area contributed by atoms with Crippen molar-refractivity contribution in [2.75, 3.05) is 19.7 Å². The van der Waals surface area contributed by atoms with Crippen LogP contribution >= 0.6 is 0 Å². The zero-order chi connectivity index (χ0) is 16.4. The Bertz CT molecular complexity index is 712. The summed E-state index contributed by atoms with van der Waals surface area (Å²) in [5.41, 5.74) is 2.84. The van der Waals surface area contributed by atoms with E-state index in [1.165, 1.54) is 0 Å². The van der Waals surface area contributed by atoms with Gasteiger partial charge in [0.05, 0.1) is 36.3 Å². The van der Waals surface area contributed by atoms with Crippen LogP contribution in [0.5, 0.6) is 0 Å². The van der Waals surface area contributed by atoms with Crippen molar-refractivity contribution in [2.24, 2.45) is 0 Å². The fourth-order valence-electron chi connectivity index (χ4n) is 2.90. The number of rotatable bonds is 3. The number of hydrogen-bond donors (Lipinski definition) is 2. The van der Waals surface area contributed by atoms with Crippen molar-refractivity contribution in [2.45, 2.75) is 39.3 Å². The van der Waals surface area contributed by atoms with Crippen LogP contribution in [0.1, 0.15) is 31.7 Å². The van der Waals surface area contributed by atoms with E-state index in [2.05, 4.69) is 29.1 Å². The number of nitrogens with one attached hydrogen (secondary N) is 2. The summed E-state index contributed by atoms with van der Waals surface area (Å²) in [5.74, 6) is 0.772. The van der Waals surface area contributed by atoms with Crippen LogP contribution in [0.15, 0.2) is 18.2 Å². The molecule has 2 N–H and O–H groups in total. The van der Waals surface area contributed by atoms with Crippen molar-refractivity contribution in [1.82, 2.24) is 20.2 Å². The number of imidazole rings is 1. The number of urea groups is 1. The third-order valence-corrected chi connectivity index (χ3v) is 4.54. The van der Waals surface area contributed by atoms with Crippen LogP contribution in [0, 0.1) is 6.92 Å². The molecule has 3 rings (SSSR count). The number of hydrogen-bond acceptors (Lipinski definition) is 3. The highest BCUT2D eigenvalue weighted by Crippen LogP contribution is 2.21. The smallest absolute Gasteiger partial charge is 0.317 e. The number of benzene rings is 1. The predicted molar refractivity (Wildman–Crippen MR) is 89.3 cm³/mol. The Kier molecular flexibility index (Phi) is 4.26. The lowest BCUT2D eigenvalue weighted by Crippen LogP contribution is -2.54. The van der Waals surface area contributed by atoms with E-state index < -0.39 is 0 Å². The number of para-hydroxylation sites is 1. The van der Waals surface area contributed by atoms with Gasteiger partial charge in [-0.05, 0) is 31.9 Å². The quantitative estimate of drug-likeness (QED) is 0.914. The molecule has 23 heavy (non-hydrogen) atoms. The number of fused-ring (bicyclic) bond motifs is 1. The fraction of sp³-hybridized carbons (Fsp3) is 0.529. The average molecular weight is 316 g/mol. The van der Waals surface area contributed by atoms with Gasteiger partial charge in [0, 0.05) is 6.54 Å². The molecule has 6 heteroatoms. The number of nitrogens with zero attached hydrogens (tertiary/aromatic N) is 2. The second-order valence-corrected chi connectivity index (χ2v) is 6.39. The molecule has 0 radical (unpaired) electrons. The van der Waals surface area contributed by atoms with Crippen LogP contribution < -0.4 is 5.32 Å². The van der Waals surface area contributed by atoms with E-state index in [-0.39, 0.29) is 11.6 Å². The fourth-order valence-corrected chi connectivity index (χ4v) is 2.90. The van der Waals surface area contributed by atoms with Gasteiger partial charge in [0.2, 0.25) is 0 Å². The molecule has 1 aromatic carbocycles. The van der Waals surface area contributed by atoms with Gasteiger partial charge in [-0.15, -0.1) is 0 Å². The number of aromatic amines is 1. The van der Waals surface area contributed by atoms with Crippen molar-refractivity contribution in [3.05, 3.63) is 29.6 Å². The summed E-state index contributed by atoms with van der Waals surface area (Å²) in [4.78, 5) is 22.0. The second kappa shape index (κ2) is 6.20. The van der Waals surface area contributed by atoms with E-state index in [0.29, 0.717) is 26.2 Å². The van der Waals surface area contributed by atoms with Crippen molar-refractivity contribution in [3.8, 4) is 0 Å². The Balaban J connectivity index is 1.63. The number of H-pyrrole nitrogens is 1. The highest BCUT2D eigenvalue weighted by Gasteiger charge is 2.32. The summed E-state index contributed by atoms with van der Waals surface area (Å²) >= 11 is 0. The summed E-state index contributed by atoms with van der Waals surface area (Å²) in [5, 5.41) is 2.95. The van der Waals surface area contributed by atoms with Crippen molar-refractivity contribution < 1.29 is 9.53 Å². The molecular formula is C17H24N4O2. The standard InChI is InChI=1S/C17H24N4O2/c1-4-17(3)11-21(8-9-23-17)16(22)18-10-14-19-13-7-5-6-12(2)15(13)20-14/h5-7H,4,8-11H2,1-3H3,(H,18,22)(H,19,20)/t17-/m1/s1. The van der Waals surface area contributed by atoms with Gasteiger partial charge in [0.1, 0.15) is 5.82 Å². The zero-order valence-corrected chi connectivity index (χ0v) is 14.0. The van der Waals surface area contributed by atoms with E-state index in [0.717, 1.165) is 28.8 Å². The van der Waals surface area contributed by atoms with Gasteiger partial charge in [-0.3, -0.25) is 0 Å². The Morgan fingerprint density at radius 1 is 1.52 bits per heavy atom. The average Bonchev–Trinajstić information content (AvgIpc) is 2.97. The maximum absolute atomic E-state index is 12.4. The molecule has 0 saturated carbocycles. The van der Waals surface area contributed by atoms with Crippen molar-refractivity contribution >= 4 is 17.1 Å². The first-order chi connectivity index (χ1) is 11.0. The van der Waals surface area contributed by atoms with Crippen LogP contribution in [0.25, 0.3) is 11.0 Å². The molecule has 6 nitrogen and oxygen atoms in total. The molecule has 0 aliphatic carbocycles. The molecule has 2 aromatic rings. The maximum atomic E-state index is 12.4. The van der Waals surface area contributed by atoms with Crippen LogP contribution in [0.3, 0.4) is 0 Å². The highest BCUT2D eigenvalue weighted by atomic mass is 16.5. The Morgan fingerprint density at radius 3 is 3.09 bits per heavy atom. The molecule has 2 heterocycles. The predicted octanol–water partition coefficient (Wildman–Crippen LogP) is 2.58. The number of aryl methyl sites for hydroxylation is 1. The van der Waals surface area contributed by atoms with Crippen molar-refractivity contribution in [3.63, 3.8) is 0 Å². The van der Waals surface area contributed by atoms with Crippen LogP contribution in [-0.2, 0) is 11.3 Å². The number of carbonyl (C=O) groups excluding carboxylic acids is 1. The molecular weight excluding hydrogens is 292 g/mol. The highest BCUT2D eigenvalue weighted by molar-refractivity contribution is 5.79. The van der Waals surface area contributed by atoms with Gasteiger partial charge < -0.3 is 19.9 Å². The molecule has 2 amide bonds. The number of morpholine rings is 1. The van der Waals surface area contributed by atoms with E-state index in [1.54, 1.807) is 0 Å². The van der Waals surface area contributed by atoms with Gasteiger partial charge >= 0.3 is 6.03 Å². The molecule has 1 aromatic heterocycles. The van der Waals surface area contributed by atoms with E-state index in [4.69, 9.17) is 4.74 Å². The van der Waals surface area contributed by atoms with Crippen LogP contribution in [0.4, 0.5) is 4.79 Å². The molecule has 1 saturated heterocycles. The topological polar surface area (TPSA) is 70.2 Å². The first-order valence-corrected chi connectivity index (χ1v) is 8.12. The van der Waals surface area contributed by atoms with E-state index in [1.807, 2.05) is 30.0 Å². The van der Waals surface area contributed by atoms with Gasteiger partial charge in [-0.25, -0.2) is 9.78 Å². The van der Waals surface area contributed by atoms with E-state index in [9.17, 15) is 4.79 Å². The first kappa shape index (κ1) is 15.8. The summed E-state index contributed by atoms with van der Waals surface area (Å²) in [6, 6.07) is 5.96. The summed E-state index contributed by atoms with van der Waals surface area (Å²) < 4.78 is 5.77. The molecule has 1 atom stereocenters. The number of carbonyl (C=O) groups is 1. The zero-order valence-electron chi connectivity index (χ0n) is 14.0. The number of ether oxygens (including phenoxy) is 1. The third-order valence-electron chi connectivity index (χ3n) is 4.54. The molecule has 0 unspecified atom stereocenters. The van der Waals surface area contributed by atoms with Crippen LogP contribution in [-0.4, -0.2) is 46.2 Å². The van der Waals surface area contributed by atoms with Gasteiger partial charge in [-0.1, -0.05) is 19.1 Å². The van der Waals surface area contributed by atoms with Crippen molar-refractivity contribution in [1.29, 1.82) is 0 Å². The minimum Gasteiger partial charge on any atom is -0.372 e. The monoisotopic (exact) mass is 316 g/mol. The van der Waals surface area contributed by atoms with Gasteiger partial charge in [0.25, 0.3) is 0 Å². The minimum absolute atomic E-state index is 0.0647. The SMILES string of the molecule is CC[C@]1(C)CN(C(=O)NCc2nc3c(C)cccc3[nH]2)CCO1. The maximum Gasteiger partial charge on any atom is 0.317 e. The summed E-state index contributed by atoms with van der Waals surface area (Å²) in [6.07, 6.45) is 0.889. The Labute approximate surface area is 136 Å². The summed E-state index contributed by atoms with van der Waals surface area (Å²) in [6.45, 7) is 8.39.